The molecule has 0 bridgehead atoms. The zero-order chi connectivity index (χ0) is 24.2. The van der Waals surface area contributed by atoms with Gasteiger partial charge in [-0.15, -0.1) is 0 Å². The van der Waals surface area contributed by atoms with Crippen molar-refractivity contribution < 1.29 is 9.47 Å². The van der Waals surface area contributed by atoms with Crippen molar-refractivity contribution in [3.05, 3.63) is 36.4 Å². The van der Waals surface area contributed by atoms with Gasteiger partial charge in [0.05, 0.1) is 25.3 Å². The second-order valence-corrected chi connectivity index (χ2v) is 8.90. The summed E-state index contributed by atoms with van der Waals surface area (Å²) >= 11 is 0. The van der Waals surface area contributed by atoms with Gasteiger partial charge in [-0.05, 0) is 64.6 Å². The molecule has 0 amide bonds. The molecule has 2 N–H and O–H groups in total. The summed E-state index contributed by atoms with van der Waals surface area (Å²) in [5.74, 6) is 3.24. The fourth-order valence-corrected chi connectivity index (χ4v) is 4.00. The molecule has 0 aliphatic rings. The van der Waals surface area contributed by atoms with E-state index < -0.39 is 0 Å². The maximum atomic E-state index is 5.51. The standard InChI is InChI=1S/C26H34N6O2/c1-31(2)13-11-27-25-21-15-17(33-5)7-9-19(21)24-23(29-25)20-10-8-18(34-6)16-22(20)26(30-24)28-12-14-32(3)4/h7-10,15-16H,11-14H2,1-6H3,(H,27,29)(H,28,30). The lowest BCUT2D eigenvalue weighted by Crippen LogP contribution is -2.21. The van der Waals surface area contributed by atoms with Crippen LogP contribution in [-0.2, 0) is 0 Å². The number of hydrogen-bond donors (Lipinski definition) is 2. The van der Waals surface area contributed by atoms with Gasteiger partial charge in [-0.3, -0.25) is 0 Å². The Kier molecular flexibility index (Phi) is 7.19. The van der Waals surface area contributed by atoms with Gasteiger partial charge in [0.25, 0.3) is 0 Å². The number of hydrogen-bond acceptors (Lipinski definition) is 8. The van der Waals surface area contributed by atoms with E-state index >= 15 is 0 Å². The highest BCUT2D eigenvalue weighted by Crippen LogP contribution is 2.37. The molecule has 34 heavy (non-hydrogen) atoms. The van der Waals surface area contributed by atoms with Crippen LogP contribution in [0.4, 0.5) is 11.6 Å². The number of pyridine rings is 2. The van der Waals surface area contributed by atoms with Crippen LogP contribution in [0.2, 0.25) is 0 Å². The lowest BCUT2D eigenvalue weighted by Gasteiger charge is -2.17. The predicted molar refractivity (Wildman–Crippen MR) is 142 cm³/mol. The molecule has 8 nitrogen and oxygen atoms in total. The lowest BCUT2D eigenvalue weighted by molar-refractivity contribution is 0.415. The van der Waals surface area contributed by atoms with E-state index in [9.17, 15) is 0 Å². The Labute approximate surface area is 200 Å². The van der Waals surface area contributed by atoms with Crippen LogP contribution < -0.4 is 20.1 Å². The molecule has 0 radical (unpaired) electrons. The molecule has 0 atom stereocenters. The predicted octanol–water partition coefficient (Wildman–Crippen LogP) is 3.90. The summed E-state index contributed by atoms with van der Waals surface area (Å²) in [6, 6.07) is 12.1. The number of anilines is 2. The first-order valence-electron chi connectivity index (χ1n) is 11.5. The largest absolute Gasteiger partial charge is 0.497 e. The van der Waals surface area contributed by atoms with Gasteiger partial charge in [0.1, 0.15) is 23.1 Å². The molecule has 0 fully saturated rings. The van der Waals surface area contributed by atoms with Crippen molar-refractivity contribution in [1.82, 2.24) is 19.8 Å². The van der Waals surface area contributed by atoms with Crippen molar-refractivity contribution in [2.45, 2.75) is 0 Å². The minimum Gasteiger partial charge on any atom is -0.497 e. The molecular formula is C26H34N6O2. The van der Waals surface area contributed by atoms with Gasteiger partial charge in [-0.25, -0.2) is 9.97 Å². The lowest BCUT2D eigenvalue weighted by atomic mass is 10.0. The molecule has 0 aliphatic heterocycles. The van der Waals surface area contributed by atoms with Crippen LogP contribution >= 0.6 is 0 Å². The fraction of sp³-hybridized carbons (Fsp3) is 0.385. The topological polar surface area (TPSA) is 74.8 Å². The third kappa shape index (κ3) is 4.93. The van der Waals surface area contributed by atoms with Gasteiger partial charge in [0.2, 0.25) is 0 Å². The summed E-state index contributed by atoms with van der Waals surface area (Å²) in [6.45, 7) is 3.36. The van der Waals surface area contributed by atoms with Gasteiger partial charge >= 0.3 is 0 Å². The van der Waals surface area contributed by atoms with Crippen LogP contribution in [0.15, 0.2) is 36.4 Å². The van der Waals surface area contributed by atoms with Gasteiger partial charge in [-0.2, -0.15) is 0 Å². The van der Waals surface area contributed by atoms with E-state index in [0.29, 0.717) is 0 Å². The SMILES string of the molecule is COc1ccc2c(c1)c(NCCN(C)C)nc1c3ccc(OC)cc3c(NCCN(C)C)nc21. The van der Waals surface area contributed by atoms with E-state index in [2.05, 4.69) is 60.8 Å². The van der Waals surface area contributed by atoms with E-state index in [-0.39, 0.29) is 0 Å². The molecule has 2 aromatic carbocycles. The molecule has 0 saturated heterocycles. The Morgan fingerprint density at radius 1 is 0.647 bits per heavy atom. The maximum Gasteiger partial charge on any atom is 0.134 e. The zero-order valence-electron chi connectivity index (χ0n) is 20.9. The summed E-state index contributed by atoms with van der Waals surface area (Å²) in [5, 5.41) is 11.1. The molecule has 2 heterocycles. The number of benzene rings is 2. The van der Waals surface area contributed by atoms with Crippen molar-refractivity contribution in [2.75, 3.05) is 79.2 Å². The highest BCUT2D eigenvalue weighted by molar-refractivity contribution is 6.18. The third-order valence-corrected chi connectivity index (χ3v) is 5.85. The highest BCUT2D eigenvalue weighted by Gasteiger charge is 2.16. The first kappa shape index (κ1) is 23.8. The van der Waals surface area contributed by atoms with Crippen LogP contribution in [-0.4, -0.2) is 88.4 Å². The van der Waals surface area contributed by atoms with Crippen molar-refractivity contribution in [3.63, 3.8) is 0 Å². The Morgan fingerprint density at radius 3 is 1.41 bits per heavy atom. The molecular weight excluding hydrogens is 428 g/mol. The first-order chi connectivity index (χ1) is 16.4. The van der Waals surface area contributed by atoms with E-state index in [4.69, 9.17) is 19.4 Å². The van der Waals surface area contributed by atoms with Gasteiger partial charge in [0, 0.05) is 47.7 Å². The van der Waals surface area contributed by atoms with E-state index in [1.807, 2.05) is 24.3 Å². The van der Waals surface area contributed by atoms with E-state index in [1.54, 1.807) is 14.2 Å². The average molecular weight is 463 g/mol. The molecule has 2 aromatic heterocycles. The number of ether oxygens (including phenoxy) is 2. The third-order valence-electron chi connectivity index (χ3n) is 5.85. The van der Waals surface area contributed by atoms with Crippen molar-refractivity contribution in [2.24, 2.45) is 0 Å². The summed E-state index contributed by atoms with van der Waals surface area (Å²) in [4.78, 5) is 14.5. The van der Waals surface area contributed by atoms with Gasteiger partial charge in [0.15, 0.2) is 0 Å². The number of fused-ring (bicyclic) bond motifs is 5. The molecule has 0 aliphatic carbocycles. The number of nitrogens with zero attached hydrogens (tertiary/aromatic N) is 4. The van der Waals surface area contributed by atoms with E-state index in [1.165, 1.54) is 0 Å². The van der Waals surface area contributed by atoms with Crippen LogP contribution in [0.3, 0.4) is 0 Å². The summed E-state index contributed by atoms with van der Waals surface area (Å²) < 4.78 is 11.0. The number of rotatable bonds is 10. The van der Waals surface area contributed by atoms with Gasteiger partial charge < -0.3 is 29.9 Å². The van der Waals surface area contributed by atoms with Crippen LogP contribution in [0, 0.1) is 0 Å². The Balaban J connectivity index is 1.96. The van der Waals surface area contributed by atoms with Crippen LogP contribution in [0.1, 0.15) is 0 Å². The van der Waals surface area contributed by atoms with Crippen molar-refractivity contribution in [1.29, 1.82) is 0 Å². The van der Waals surface area contributed by atoms with Crippen LogP contribution in [0.5, 0.6) is 11.5 Å². The van der Waals surface area contributed by atoms with E-state index in [0.717, 1.165) is 81.9 Å². The molecule has 4 aromatic rings. The summed E-state index contributed by atoms with van der Waals surface area (Å²) in [5.41, 5.74) is 1.72. The minimum absolute atomic E-state index is 0.779. The summed E-state index contributed by atoms with van der Waals surface area (Å²) in [6.07, 6.45) is 0. The van der Waals surface area contributed by atoms with Gasteiger partial charge in [-0.1, -0.05) is 0 Å². The average Bonchev–Trinajstić information content (AvgIpc) is 2.83. The molecule has 0 saturated carbocycles. The monoisotopic (exact) mass is 462 g/mol. The number of nitrogens with one attached hydrogen (secondary N) is 2. The molecule has 4 rings (SSSR count). The first-order valence-corrected chi connectivity index (χ1v) is 11.5. The Morgan fingerprint density at radius 2 is 1.06 bits per heavy atom. The quantitative estimate of drug-likeness (QED) is 0.344. The second kappa shape index (κ2) is 10.3. The molecule has 8 heteroatoms. The Hall–Kier alpha value is -3.36. The normalized spacial score (nSPS) is 11.6. The van der Waals surface area contributed by atoms with Crippen molar-refractivity contribution >= 4 is 44.2 Å². The summed E-state index contributed by atoms with van der Waals surface area (Å²) in [7, 11) is 11.6. The fourth-order valence-electron chi connectivity index (χ4n) is 4.00. The second-order valence-electron chi connectivity index (χ2n) is 8.90. The molecule has 0 unspecified atom stereocenters. The van der Waals surface area contributed by atoms with Crippen LogP contribution in [0.25, 0.3) is 32.6 Å². The number of methoxy groups -OCH3 is 2. The highest BCUT2D eigenvalue weighted by atomic mass is 16.5. The zero-order valence-corrected chi connectivity index (χ0v) is 20.9. The maximum absolute atomic E-state index is 5.51. The number of likely N-dealkylation sites (N-methyl/N-ethyl adjacent to an activating group) is 2. The molecule has 0 spiro atoms. The minimum atomic E-state index is 0.779. The number of aromatic nitrogens is 2. The molecule has 180 valence electrons. The Bertz CT molecular complexity index is 1200. The van der Waals surface area contributed by atoms with Crippen molar-refractivity contribution in [3.8, 4) is 11.5 Å². The smallest absolute Gasteiger partial charge is 0.134 e.